The number of carbonyl (C=O) groups excluding carboxylic acids is 1. The Morgan fingerprint density at radius 2 is 1.95 bits per heavy atom. The fourth-order valence-electron chi connectivity index (χ4n) is 3.86. The van der Waals surface area contributed by atoms with Crippen molar-refractivity contribution in [3.8, 4) is 0 Å². The summed E-state index contributed by atoms with van der Waals surface area (Å²) in [5.74, 6) is 1.26. The van der Waals surface area contributed by atoms with Gasteiger partial charge >= 0.3 is 0 Å². The number of nitrogens with one attached hydrogen (secondary N) is 1. The van der Waals surface area contributed by atoms with Gasteiger partial charge < -0.3 is 16.3 Å². The summed E-state index contributed by atoms with van der Waals surface area (Å²) in [6, 6.07) is 0.225. The highest BCUT2D eigenvalue weighted by molar-refractivity contribution is 6.07. The van der Waals surface area contributed by atoms with E-state index in [1.807, 2.05) is 0 Å². The molecule has 3 atom stereocenters. The maximum Gasteiger partial charge on any atom is 0.234 e. The first-order valence-corrected chi connectivity index (χ1v) is 7.78. The largest absolute Gasteiger partial charge is 0.409 e. The van der Waals surface area contributed by atoms with Gasteiger partial charge in [0, 0.05) is 6.04 Å². The Labute approximate surface area is 121 Å². The minimum absolute atomic E-state index is 0.0447. The van der Waals surface area contributed by atoms with Gasteiger partial charge in [0.2, 0.25) is 5.91 Å². The Morgan fingerprint density at radius 3 is 2.50 bits per heavy atom. The Morgan fingerprint density at radius 1 is 1.30 bits per heavy atom. The lowest BCUT2D eigenvalue weighted by atomic mass is 9.78. The van der Waals surface area contributed by atoms with E-state index in [-0.39, 0.29) is 17.8 Å². The maximum absolute atomic E-state index is 12.7. The number of oxime groups is 1. The van der Waals surface area contributed by atoms with Gasteiger partial charge in [0.05, 0.1) is 0 Å². The van der Waals surface area contributed by atoms with E-state index in [4.69, 9.17) is 10.9 Å². The minimum atomic E-state index is -0.780. The topological polar surface area (TPSA) is 87.7 Å². The van der Waals surface area contributed by atoms with Crippen molar-refractivity contribution in [3.63, 3.8) is 0 Å². The van der Waals surface area contributed by atoms with Crippen molar-refractivity contribution in [3.05, 3.63) is 0 Å². The summed E-state index contributed by atoms with van der Waals surface area (Å²) < 4.78 is 0. The van der Waals surface area contributed by atoms with Crippen LogP contribution in [-0.4, -0.2) is 23.0 Å². The van der Waals surface area contributed by atoms with Crippen LogP contribution in [-0.2, 0) is 4.79 Å². The van der Waals surface area contributed by atoms with Crippen LogP contribution in [0.5, 0.6) is 0 Å². The number of nitrogens with two attached hydrogens (primary N) is 1. The molecule has 2 fully saturated rings. The van der Waals surface area contributed by atoms with E-state index >= 15 is 0 Å². The molecule has 0 radical (unpaired) electrons. The summed E-state index contributed by atoms with van der Waals surface area (Å²) in [6.45, 7) is 4.47. The van der Waals surface area contributed by atoms with E-state index in [1.165, 1.54) is 0 Å². The van der Waals surface area contributed by atoms with E-state index in [0.29, 0.717) is 18.8 Å². The molecule has 0 spiro atoms. The standard InChI is InChI=1S/C15H27N3O2/c1-10-5-6-12(11(2)9-10)17-14(19)15(13(16)18-20)7-3-4-8-15/h10-12,20H,3-9H2,1-2H3,(H2,16,18)(H,17,19). The number of amidine groups is 1. The van der Waals surface area contributed by atoms with Crippen molar-refractivity contribution in [1.82, 2.24) is 5.32 Å². The lowest BCUT2D eigenvalue weighted by molar-refractivity contribution is -0.128. The van der Waals surface area contributed by atoms with Crippen molar-refractivity contribution < 1.29 is 10.0 Å². The van der Waals surface area contributed by atoms with Crippen LogP contribution in [0.2, 0.25) is 0 Å². The molecule has 1 amide bonds. The summed E-state index contributed by atoms with van der Waals surface area (Å²) in [6.07, 6.45) is 6.63. The fraction of sp³-hybridized carbons (Fsp3) is 0.867. The van der Waals surface area contributed by atoms with Gasteiger partial charge in [0.1, 0.15) is 5.41 Å². The van der Waals surface area contributed by atoms with Crippen LogP contribution < -0.4 is 11.1 Å². The highest BCUT2D eigenvalue weighted by Gasteiger charge is 2.46. The lowest BCUT2D eigenvalue weighted by Crippen LogP contribution is -2.53. The van der Waals surface area contributed by atoms with E-state index in [2.05, 4.69) is 24.3 Å². The SMILES string of the molecule is CC1CCC(NC(=O)C2(C(N)=NO)CCCC2)C(C)C1. The molecule has 0 aromatic rings. The molecule has 2 saturated carbocycles. The van der Waals surface area contributed by atoms with Gasteiger partial charge in [-0.15, -0.1) is 0 Å². The van der Waals surface area contributed by atoms with Crippen LogP contribution in [0, 0.1) is 17.3 Å². The molecule has 4 N–H and O–H groups in total. The summed E-state index contributed by atoms with van der Waals surface area (Å²) >= 11 is 0. The molecule has 0 aliphatic heterocycles. The molecule has 114 valence electrons. The number of carbonyl (C=O) groups is 1. The van der Waals surface area contributed by atoms with E-state index < -0.39 is 5.41 Å². The first-order valence-electron chi connectivity index (χ1n) is 7.78. The molecule has 2 rings (SSSR count). The Kier molecular flexibility index (Phi) is 4.55. The molecule has 0 aromatic carbocycles. The van der Waals surface area contributed by atoms with Gasteiger partial charge in [-0.25, -0.2) is 0 Å². The molecule has 3 unspecified atom stereocenters. The second-order valence-corrected chi connectivity index (χ2v) is 6.75. The van der Waals surface area contributed by atoms with E-state index in [1.54, 1.807) is 0 Å². The van der Waals surface area contributed by atoms with Crippen molar-refractivity contribution in [1.29, 1.82) is 0 Å². The summed E-state index contributed by atoms with van der Waals surface area (Å²) in [4.78, 5) is 12.7. The average molecular weight is 281 g/mol. The predicted molar refractivity (Wildman–Crippen MR) is 78.4 cm³/mol. The molecule has 5 nitrogen and oxygen atoms in total. The molecular weight excluding hydrogens is 254 g/mol. The number of rotatable bonds is 3. The third kappa shape index (κ3) is 2.76. The molecule has 0 bridgehead atoms. The third-order valence-electron chi connectivity index (χ3n) is 5.24. The van der Waals surface area contributed by atoms with Crippen LogP contribution in [0.25, 0.3) is 0 Å². The molecular formula is C15H27N3O2. The summed E-state index contributed by atoms with van der Waals surface area (Å²) in [7, 11) is 0. The lowest BCUT2D eigenvalue weighted by Gasteiger charge is -2.36. The van der Waals surface area contributed by atoms with Crippen molar-refractivity contribution >= 4 is 11.7 Å². The maximum atomic E-state index is 12.7. The number of amides is 1. The minimum Gasteiger partial charge on any atom is -0.409 e. The molecule has 2 aliphatic rings. The van der Waals surface area contributed by atoms with Gasteiger partial charge in [-0.3, -0.25) is 4.79 Å². The zero-order valence-corrected chi connectivity index (χ0v) is 12.6. The normalized spacial score (nSPS) is 33.9. The summed E-state index contributed by atoms with van der Waals surface area (Å²) in [5, 5.41) is 15.3. The molecule has 0 aromatic heterocycles. The smallest absolute Gasteiger partial charge is 0.234 e. The average Bonchev–Trinajstić information content (AvgIpc) is 2.91. The second-order valence-electron chi connectivity index (χ2n) is 6.75. The fourth-order valence-corrected chi connectivity index (χ4v) is 3.86. The Bertz CT molecular complexity index is 389. The molecule has 2 aliphatic carbocycles. The first kappa shape index (κ1) is 15.1. The Hall–Kier alpha value is -1.26. The van der Waals surface area contributed by atoms with E-state index in [9.17, 15) is 4.79 Å². The van der Waals surface area contributed by atoms with Crippen LogP contribution in [0.3, 0.4) is 0 Å². The van der Waals surface area contributed by atoms with Crippen LogP contribution in [0.1, 0.15) is 58.8 Å². The number of nitrogens with zero attached hydrogens (tertiary/aromatic N) is 1. The van der Waals surface area contributed by atoms with Gasteiger partial charge in [-0.1, -0.05) is 31.8 Å². The summed E-state index contributed by atoms with van der Waals surface area (Å²) in [5.41, 5.74) is 5.03. The number of hydrogen-bond acceptors (Lipinski definition) is 3. The van der Waals surface area contributed by atoms with Gasteiger partial charge in [-0.2, -0.15) is 0 Å². The highest BCUT2D eigenvalue weighted by Crippen LogP contribution is 2.39. The molecule has 0 heterocycles. The molecule has 5 heteroatoms. The van der Waals surface area contributed by atoms with Gasteiger partial charge in [-0.05, 0) is 43.9 Å². The first-order chi connectivity index (χ1) is 9.49. The van der Waals surface area contributed by atoms with Crippen molar-refractivity contribution in [2.75, 3.05) is 0 Å². The van der Waals surface area contributed by atoms with Crippen LogP contribution >= 0.6 is 0 Å². The second kappa shape index (κ2) is 6.02. The van der Waals surface area contributed by atoms with Crippen LogP contribution in [0.15, 0.2) is 5.16 Å². The van der Waals surface area contributed by atoms with Crippen LogP contribution in [0.4, 0.5) is 0 Å². The quantitative estimate of drug-likeness (QED) is 0.321. The van der Waals surface area contributed by atoms with Gasteiger partial charge in [0.15, 0.2) is 5.84 Å². The predicted octanol–water partition coefficient (Wildman–Crippen LogP) is 2.23. The highest BCUT2D eigenvalue weighted by atomic mass is 16.4. The number of hydrogen-bond donors (Lipinski definition) is 3. The van der Waals surface area contributed by atoms with E-state index in [0.717, 1.165) is 38.0 Å². The molecule has 0 saturated heterocycles. The zero-order valence-electron chi connectivity index (χ0n) is 12.6. The van der Waals surface area contributed by atoms with Gasteiger partial charge in [0.25, 0.3) is 0 Å². The van der Waals surface area contributed by atoms with Crippen molar-refractivity contribution in [2.24, 2.45) is 28.1 Å². The third-order valence-corrected chi connectivity index (χ3v) is 5.24. The van der Waals surface area contributed by atoms with Crippen molar-refractivity contribution in [2.45, 2.75) is 64.8 Å². The zero-order chi connectivity index (χ0) is 14.8. The molecule has 20 heavy (non-hydrogen) atoms. The monoisotopic (exact) mass is 281 g/mol. The Balaban J connectivity index is 2.06.